The third kappa shape index (κ3) is 5.50. The van der Waals surface area contributed by atoms with Crippen LogP contribution in [0.4, 0.5) is 13.9 Å². The summed E-state index contributed by atoms with van der Waals surface area (Å²) < 4.78 is 26.6. The molecule has 178 valence electrons. The van der Waals surface area contributed by atoms with Gasteiger partial charge in [-0.15, -0.1) is 10.2 Å². The number of aromatic amines is 1. The topological polar surface area (TPSA) is 77.1 Å². The third-order valence-electron chi connectivity index (χ3n) is 6.25. The molecule has 0 saturated carbocycles. The monoisotopic (exact) mass is 476 g/mol. The smallest absolute Gasteiger partial charge is 0.282 e. The number of halogens is 2. The number of hydrogen-bond donors (Lipinski definition) is 2. The van der Waals surface area contributed by atoms with Crippen LogP contribution in [0.25, 0.3) is 10.9 Å². The van der Waals surface area contributed by atoms with E-state index in [1.807, 2.05) is 24.4 Å². The van der Waals surface area contributed by atoms with Gasteiger partial charge in [-0.2, -0.15) is 0 Å². The largest absolute Gasteiger partial charge is 0.361 e. The van der Waals surface area contributed by atoms with Gasteiger partial charge in [-0.25, -0.2) is 8.78 Å². The number of nitrogens with one attached hydrogen (secondary N) is 2. The van der Waals surface area contributed by atoms with Crippen LogP contribution < -0.4 is 10.2 Å². The Morgan fingerprint density at radius 1 is 1.30 bits per heavy atom. The van der Waals surface area contributed by atoms with Crippen LogP contribution in [0.5, 0.6) is 0 Å². The summed E-state index contributed by atoms with van der Waals surface area (Å²) in [5.41, 5.74) is 2.25. The Balaban J connectivity index is 1.43. The first-order chi connectivity index (χ1) is 16.0. The maximum absolute atomic E-state index is 13.3. The Morgan fingerprint density at radius 3 is 2.91 bits per heavy atom. The van der Waals surface area contributed by atoms with Crippen LogP contribution in [0.3, 0.4) is 0 Å². The first-order valence-corrected chi connectivity index (χ1v) is 12.2. The Morgan fingerprint density at radius 2 is 2.12 bits per heavy atom. The number of benzene rings is 1. The summed E-state index contributed by atoms with van der Waals surface area (Å²) in [6, 6.07) is 7.25. The number of nitrogens with zero attached hydrogens (tertiary/aromatic N) is 4. The van der Waals surface area contributed by atoms with Crippen molar-refractivity contribution in [1.29, 1.82) is 0 Å². The molecular formula is C23H30F2N6OS. The Hall–Kier alpha value is -2.59. The summed E-state index contributed by atoms with van der Waals surface area (Å²) in [6.45, 7) is 3.39. The lowest BCUT2D eigenvalue weighted by Gasteiger charge is -2.38. The molecule has 1 saturated heterocycles. The number of amides is 1. The van der Waals surface area contributed by atoms with Crippen LogP contribution in [-0.4, -0.2) is 71.2 Å². The van der Waals surface area contributed by atoms with Crippen LogP contribution in [0.15, 0.2) is 30.5 Å². The Labute approximate surface area is 196 Å². The van der Waals surface area contributed by atoms with Crippen molar-refractivity contribution >= 4 is 33.3 Å². The summed E-state index contributed by atoms with van der Waals surface area (Å²) in [5.74, 6) is -0.265. The molecule has 0 bridgehead atoms. The highest BCUT2D eigenvalue weighted by molar-refractivity contribution is 7.17. The standard InChI is InChI=1S/C23H30F2N6OS/c1-3-4-7-16(12-15-13-26-18-9-6-5-8-17(15)18)27-21(32)22-28-29-23(33-22)31-11-10-30(2)19(14-31)20(24)25/h5-6,8-9,13,16,19-20,26H,3-4,7,10-12,14H2,1-2H3,(H,27,32). The molecule has 4 rings (SSSR count). The summed E-state index contributed by atoms with van der Waals surface area (Å²) in [7, 11) is 1.71. The minimum absolute atomic E-state index is 0.0316. The molecule has 1 aromatic carbocycles. The zero-order chi connectivity index (χ0) is 23.4. The lowest BCUT2D eigenvalue weighted by atomic mass is 10.0. The van der Waals surface area contributed by atoms with E-state index in [-0.39, 0.29) is 23.5 Å². The zero-order valence-electron chi connectivity index (χ0n) is 18.9. The molecule has 1 aliphatic heterocycles. The minimum Gasteiger partial charge on any atom is -0.361 e. The number of piperazine rings is 1. The second-order valence-electron chi connectivity index (χ2n) is 8.59. The van der Waals surface area contributed by atoms with Gasteiger partial charge >= 0.3 is 0 Å². The quantitative estimate of drug-likeness (QED) is 0.489. The maximum atomic E-state index is 13.3. The molecule has 33 heavy (non-hydrogen) atoms. The van der Waals surface area contributed by atoms with E-state index in [0.717, 1.165) is 47.9 Å². The highest BCUT2D eigenvalue weighted by Crippen LogP contribution is 2.25. The third-order valence-corrected chi connectivity index (χ3v) is 7.23. The van der Waals surface area contributed by atoms with Crippen molar-refractivity contribution in [1.82, 2.24) is 25.4 Å². The molecule has 2 unspecified atom stereocenters. The average molecular weight is 477 g/mol. The summed E-state index contributed by atoms with van der Waals surface area (Å²) in [6.07, 6.45) is 3.20. The van der Waals surface area contributed by atoms with Crippen molar-refractivity contribution in [3.05, 3.63) is 41.0 Å². The van der Waals surface area contributed by atoms with Crippen LogP contribution in [-0.2, 0) is 6.42 Å². The van der Waals surface area contributed by atoms with Gasteiger partial charge in [0.15, 0.2) is 0 Å². The summed E-state index contributed by atoms with van der Waals surface area (Å²) >= 11 is 1.16. The lowest BCUT2D eigenvalue weighted by Crippen LogP contribution is -2.54. The summed E-state index contributed by atoms with van der Waals surface area (Å²) in [4.78, 5) is 19.7. The van der Waals surface area contributed by atoms with Gasteiger partial charge in [0.2, 0.25) is 10.1 Å². The molecule has 0 radical (unpaired) electrons. The first-order valence-electron chi connectivity index (χ1n) is 11.4. The van der Waals surface area contributed by atoms with Crippen LogP contribution >= 0.6 is 11.3 Å². The van der Waals surface area contributed by atoms with E-state index in [2.05, 4.69) is 33.5 Å². The van der Waals surface area contributed by atoms with Crippen LogP contribution in [0.2, 0.25) is 0 Å². The fraction of sp³-hybridized carbons (Fsp3) is 0.522. The van der Waals surface area contributed by atoms with E-state index in [4.69, 9.17) is 0 Å². The molecule has 3 heterocycles. The molecule has 1 aliphatic rings. The highest BCUT2D eigenvalue weighted by atomic mass is 32.1. The Bertz CT molecular complexity index is 1070. The number of para-hydroxylation sites is 1. The normalized spacial score (nSPS) is 18.2. The number of anilines is 1. The first kappa shape index (κ1) is 23.6. The second-order valence-corrected chi connectivity index (χ2v) is 9.55. The van der Waals surface area contributed by atoms with Crippen molar-refractivity contribution in [3.8, 4) is 0 Å². The number of carbonyl (C=O) groups excluding carboxylic acids is 1. The van der Waals surface area contributed by atoms with Gasteiger partial charge in [-0.05, 0) is 31.5 Å². The number of carbonyl (C=O) groups is 1. The molecular weight excluding hydrogens is 446 g/mol. The van der Waals surface area contributed by atoms with Gasteiger partial charge in [-0.1, -0.05) is 49.3 Å². The van der Waals surface area contributed by atoms with E-state index < -0.39 is 12.5 Å². The number of fused-ring (bicyclic) bond motifs is 1. The number of aromatic nitrogens is 3. The van der Waals surface area contributed by atoms with Gasteiger partial charge in [0.1, 0.15) is 0 Å². The summed E-state index contributed by atoms with van der Waals surface area (Å²) in [5, 5.41) is 13.3. The van der Waals surface area contributed by atoms with E-state index in [9.17, 15) is 13.6 Å². The molecule has 0 aliphatic carbocycles. The number of H-pyrrole nitrogens is 1. The average Bonchev–Trinajstić information content (AvgIpc) is 3.45. The molecule has 1 fully saturated rings. The molecule has 7 nitrogen and oxygen atoms in total. The number of unbranched alkanes of at least 4 members (excludes halogenated alkanes) is 1. The molecule has 0 spiro atoms. The number of alkyl halides is 2. The molecule has 2 atom stereocenters. The van der Waals surface area contributed by atoms with Gasteiger partial charge < -0.3 is 15.2 Å². The fourth-order valence-electron chi connectivity index (χ4n) is 4.27. The van der Waals surface area contributed by atoms with Crippen molar-refractivity contribution in [2.45, 2.75) is 51.1 Å². The van der Waals surface area contributed by atoms with Gasteiger partial charge in [0, 0.05) is 42.8 Å². The van der Waals surface area contributed by atoms with Crippen molar-refractivity contribution in [3.63, 3.8) is 0 Å². The second kappa shape index (κ2) is 10.6. The molecule has 2 N–H and O–H groups in total. The number of hydrogen-bond acceptors (Lipinski definition) is 6. The van der Waals surface area contributed by atoms with Crippen molar-refractivity contribution in [2.75, 3.05) is 31.6 Å². The highest BCUT2D eigenvalue weighted by Gasteiger charge is 2.33. The predicted octanol–water partition coefficient (Wildman–Crippen LogP) is 3.94. The fourth-order valence-corrected chi connectivity index (χ4v) is 5.05. The SMILES string of the molecule is CCCCC(Cc1c[nH]c2ccccc12)NC(=O)c1nnc(N2CCN(C)C(C(F)F)C2)s1. The Kier molecular flexibility index (Phi) is 7.54. The van der Waals surface area contributed by atoms with Crippen LogP contribution in [0, 0.1) is 0 Å². The predicted molar refractivity (Wildman–Crippen MR) is 127 cm³/mol. The van der Waals surface area contributed by atoms with E-state index in [0.29, 0.717) is 18.2 Å². The van der Waals surface area contributed by atoms with E-state index in [1.165, 1.54) is 5.56 Å². The molecule has 3 aromatic rings. The van der Waals surface area contributed by atoms with Gasteiger partial charge in [0.25, 0.3) is 12.3 Å². The lowest BCUT2D eigenvalue weighted by molar-refractivity contribution is 0.0325. The zero-order valence-corrected chi connectivity index (χ0v) is 19.7. The van der Waals surface area contributed by atoms with Gasteiger partial charge in [-0.3, -0.25) is 9.69 Å². The molecule has 10 heteroatoms. The van der Waals surface area contributed by atoms with E-state index in [1.54, 1.807) is 16.8 Å². The molecule has 2 aromatic heterocycles. The van der Waals surface area contributed by atoms with Crippen molar-refractivity contribution in [2.24, 2.45) is 0 Å². The van der Waals surface area contributed by atoms with Gasteiger partial charge in [0.05, 0.1) is 6.04 Å². The number of likely N-dealkylation sites (N-methyl/N-ethyl adjacent to an activating group) is 1. The van der Waals surface area contributed by atoms with E-state index >= 15 is 0 Å². The maximum Gasteiger partial charge on any atom is 0.282 e. The number of rotatable bonds is 9. The van der Waals surface area contributed by atoms with Crippen LogP contribution in [0.1, 0.15) is 41.6 Å². The van der Waals surface area contributed by atoms with Crippen molar-refractivity contribution < 1.29 is 13.6 Å². The minimum atomic E-state index is -2.43. The molecule has 1 amide bonds.